The fourth-order valence-corrected chi connectivity index (χ4v) is 3.36. The van der Waals surface area contributed by atoms with Crippen LogP contribution in [0.5, 0.6) is 5.75 Å². The number of rotatable bonds is 2. The Balaban J connectivity index is 1.98. The molecule has 1 atom stereocenters. The minimum Gasteiger partial charge on any atom is -0.484 e. The van der Waals surface area contributed by atoms with Gasteiger partial charge in [0.2, 0.25) is 0 Å². The molecule has 0 bridgehead atoms. The SMILES string of the molecule is Cc1ccc2c(c1)CN(C(C)C)CC(c1ccsc1)O2. The summed E-state index contributed by atoms with van der Waals surface area (Å²) in [5.41, 5.74) is 3.88. The van der Waals surface area contributed by atoms with Crippen molar-refractivity contribution in [1.29, 1.82) is 0 Å². The van der Waals surface area contributed by atoms with Crippen LogP contribution in [0.2, 0.25) is 0 Å². The second-order valence-corrected chi connectivity index (χ2v) is 6.58. The summed E-state index contributed by atoms with van der Waals surface area (Å²) in [6.07, 6.45) is 0.132. The standard InChI is InChI=1S/C17H21NOS/c1-12(2)18-9-15-8-13(3)4-5-16(15)19-17(10-18)14-6-7-20-11-14/h4-8,11-12,17H,9-10H2,1-3H3. The highest BCUT2D eigenvalue weighted by molar-refractivity contribution is 7.07. The summed E-state index contributed by atoms with van der Waals surface area (Å²) in [4.78, 5) is 2.49. The smallest absolute Gasteiger partial charge is 0.137 e. The number of aryl methyl sites for hydroxylation is 1. The molecule has 1 aliphatic rings. The topological polar surface area (TPSA) is 12.5 Å². The van der Waals surface area contributed by atoms with Gasteiger partial charge < -0.3 is 4.74 Å². The maximum absolute atomic E-state index is 6.30. The van der Waals surface area contributed by atoms with Crippen molar-refractivity contribution in [1.82, 2.24) is 4.90 Å². The number of fused-ring (bicyclic) bond motifs is 1. The average Bonchev–Trinajstić information content (AvgIpc) is 2.86. The van der Waals surface area contributed by atoms with Crippen molar-refractivity contribution in [2.45, 2.75) is 39.5 Å². The van der Waals surface area contributed by atoms with Crippen molar-refractivity contribution in [2.24, 2.45) is 0 Å². The van der Waals surface area contributed by atoms with Gasteiger partial charge in [0, 0.05) is 30.3 Å². The Kier molecular flexibility index (Phi) is 3.81. The van der Waals surface area contributed by atoms with Crippen LogP contribution in [0.3, 0.4) is 0 Å². The number of hydrogen-bond donors (Lipinski definition) is 0. The Hall–Kier alpha value is -1.32. The molecule has 106 valence electrons. The van der Waals surface area contributed by atoms with Crippen LogP contribution >= 0.6 is 11.3 Å². The van der Waals surface area contributed by atoms with E-state index >= 15 is 0 Å². The molecule has 20 heavy (non-hydrogen) atoms. The molecule has 3 rings (SSSR count). The summed E-state index contributed by atoms with van der Waals surface area (Å²) in [5.74, 6) is 1.04. The highest BCUT2D eigenvalue weighted by Gasteiger charge is 2.25. The highest BCUT2D eigenvalue weighted by atomic mass is 32.1. The lowest BCUT2D eigenvalue weighted by Crippen LogP contribution is -2.33. The predicted molar refractivity (Wildman–Crippen MR) is 84.4 cm³/mol. The zero-order valence-electron chi connectivity index (χ0n) is 12.3. The van der Waals surface area contributed by atoms with Crippen molar-refractivity contribution < 1.29 is 4.74 Å². The molecule has 0 saturated carbocycles. The highest BCUT2D eigenvalue weighted by Crippen LogP contribution is 2.33. The molecule has 1 unspecified atom stereocenters. The minimum absolute atomic E-state index is 0.132. The van der Waals surface area contributed by atoms with Crippen LogP contribution in [-0.2, 0) is 6.54 Å². The molecule has 0 N–H and O–H groups in total. The van der Waals surface area contributed by atoms with E-state index < -0.39 is 0 Å². The number of thiophene rings is 1. The molecule has 0 amide bonds. The first kappa shape index (κ1) is 13.7. The third-order valence-corrected chi connectivity index (χ3v) is 4.61. The minimum atomic E-state index is 0.132. The predicted octanol–water partition coefficient (Wildman–Crippen LogP) is 4.40. The summed E-state index contributed by atoms with van der Waals surface area (Å²) in [7, 11) is 0. The van der Waals surface area contributed by atoms with E-state index in [9.17, 15) is 0 Å². The van der Waals surface area contributed by atoms with Gasteiger partial charge in [-0.05, 0) is 43.7 Å². The van der Waals surface area contributed by atoms with E-state index in [0.717, 1.165) is 18.8 Å². The van der Waals surface area contributed by atoms with Crippen LogP contribution in [0.15, 0.2) is 35.0 Å². The quantitative estimate of drug-likeness (QED) is 0.811. The van der Waals surface area contributed by atoms with E-state index in [0.29, 0.717) is 6.04 Å². The van der Waals surface area contributed by atoms with E-state index in [2.05, 4.69) is 60.7 Å². The van der Waals surface area contributed by atoms with E-state index in [1.54, 1.807) is 11.3 Å². The van der Waals surface area contributed by atoms with Crippen molar-refractivity contribution in [3.63, 3.8) is 0 Å². The van der Waals surface area contributed by atoms with E-state index in [1.165, 1.54) is 16.7 Å². The lowest BCUT2D eigenvalue weighted by molar-refractivity contribution is 0.127. The monoisotopic (exact) mass is 287 g/mol. The molecule has 1 aromatic heterocycles. The molecule has 0 saturated heterocycles. The molecular formula is C17H21NOS. The average molecular weight is 287 g/mol. The maximum atomic E-state index is 6.30. The summed E-state index contributed by atoms with van der Waals surface area (Å²) in [6.45, 7) is 8.57. The van der Waals surface area contributed by atoms with Gasteiger partial charge in [-0.3, -0.25) is 4.90 Å². The van der Waals surface area contributed by atoms with Gasteiger partial charge in [0.25, 0.3) is 0 Å². The van der Waals surface area contributed by atoms with Gasteiger partial charge in [-0.25, -0.2) is 0 Å². The first-order chi connectivity index (χ1) is 9.63. The van der Waals surface area contributed by atoms with Gasteiger partial charge in [0.15, 0.2) is 0 Å². The second kappa shape index (κ2) is 5.58. The summed E-state index contributed by atoms with van der Waals surface area (Å²) in [5, 5.41) is 4.32. The molecule has 0 fully saturated rings. The molecule has 2 aromatic rings. The van der Waals surface area contributed by atoms with Crippen LogP contribution in [0.4, 0.5) is 0 Å². The van der Waals surface area contributed by atoms with E-state index in [4.69, 9.17) is 4.74 Å². The second-order valence-electron chi connectivity index (χ2n) is 5.80. The van der Waals surface area contributed by atoms with Crippen molar-refractivity contribution in [3.05, 3.63) is 51.7 Å². The van der Waals surface area contributed by atoms with Crippen LogP contribution in [0.25, 0.3) is 0 Å². The third-order valence-electron chi connectivity index (χ3n) is 3.90. The van der Waals surface area contributed by atoms with Crippen LogP contribution in [-0.4, -0.2) is 17.5 Å². The Morgan fingerprint density at radius 3 is 2.85 bits per heavy atom. The first-order valence-corrected chi connectivity index (χ1v) is 8.10. The van der Waals surface area contributed by atoms with Crippen LogP contribution in [0.1, 0.15) is 36.6 Å². The van der Waals surface area contributed by atoms with Gasteiger partial charge in [-0.1, -0.05) is 17.7 Å². The van der Waals surface area contributed by atoms with Gasteiger partial charge >= 0.3 is 0 Å². The summed E-state index contributed by atoms with van der Waals surface area (Å²) < 4.78 is 6.30. The molecule has 1 aliphatic heterocycles. The molecular weight excluding hydrogens is 266 g/mol. The zero-order chi connectivity index (χ0) is 14.1. The summed E-state index contributed by atoms with van der Waals surface area (Å²) in [6, 6.07) is 9.20. The molecule has 0 spiro atoms. The van der Waals surface area contributed by atoms with Crippen molar-refractivity contribution in [2.75, 3.05) is 6.54 Å². The number of hydrogen-bond acceptors (Lipinski definition) is 3. The van der Waals surface area contributed by atoms with Gasteiger partial charge in [0.05, 0.1) is 0 Å². The molecule has 2 nitrogen and oxygen atoms in total. The van der Waals surface area contributed by atoms with Gasteiger partial charge in [-0.15, -0.1) is 0 Å². The largest absolute Gasteiger partial charge is 0.484 e. The van der Waals surface area contributed by atoms with E-state index in [1.807, 2.05) is 0 Å². The number of nitrogens with zero attached hydrogens (tertiary/aromatic N) is 1. The Labute approximate surface area is 125 Å². The molecule has 0 radical (unpaired) electrons. The third kappa shape index (κ3) is 2.74. The Morgan fingerprint density at radius 2 is 2.15 bits per heavy atom. The molecule has 0 aliphatic carbocycles. The summed E-state index contributed by atoms with van der Waals surface area (Å²) >= 11 is 1.73. The van der Waals surface area contributed by atoms with Gasteiger partial charge in [-0.2, -0.15) is 11.3 Å². The molecule has 2 heterocycles. The van der Waals surface area contributed by atoms with Gasteiger partial charge in [0.1, 0.15) is 11.9 Å². The van der Waals surface area contributed by atoms with Crippen molar-refractivity contribution in [3.8, 4) is 5.75 Å². The fourth-order valence-electron chi connectivity index (χ4n) is 2.66. The van der Waals surface area contributed by atoms with Crippen LogP contribution < -0.4 is 4.74 Å². The maximum Gasteiger partial charge on any atom is 0.137 e. The lowest BCUT2D eigenvalue weighted by atomic mass is 10.1. The molecule has 1 aromatic carbocycles. The normalized spacial score (nSPS) is 19.5. The molecule has 3 heteroatoms. The Morgan fingerprint density at radius 1 is 1.30 bits per heavy atom. The lowest BCUT2D eigenvalue weighted by Gasteiger charge is -2.27. The van der Waals surface area contributed by atoms with Crippen LogP contribution in [0, 0.1) is 6.92 Å². The Bertz CT molecular complexity index is 577. The van der Waals surface area contributed by atoms with E-state index in [-0.39, 0.29) is 6.10 Å². The number of benzene rings is 1. The zero-order valence-corrected chi connectivity index (χ0v) is 13.1. The number of ether oxygens (including phenoxy) is 1. The fraction of sp³-hybridized carbons (Fsp3) is 0.412. The first-order valence-electron chi connectivity index (χ1n) is 7.16. The van der Waals surface area contributed by atoms with Crippen molar-refractivity contribution >= 4 is 11.3 Å².